The van der Waals surface area contributed by atoms with Gasteiger partial charge in [0.25, 0.3) is 5.91 Å². The van der Waals surface area contributed by atoms with Crippen LogP contribution in [0.2, 0.25) is 0 Å². The predicted octanol–water partition coefficient (Wildman–Crippen LogP) is 1.34. The second-order valence-corrected chi connectivity index (χ2v) is 5.56. The Morgan fingerprint density at radius 2 is 2.04 bits per heavy atom. The lowest BCUT2D eigenvalue weighted by Gasteiger charge is -2.14. The number of nitrogens with zero attached hydrogens (tertiary/aromatic N) is 2. The maximum atomic E-state index is 12.7. The summed E-state index contributed by atoms with van der Waals surface area (Å²) >= 11 is 0. The number of hydrogen-bond acceptors (Lipinski definition) is 5. The van der Waals surface area contributed by atoms with Crippen LogP contribution in [0.15, 0.2) is 18.3 Å². The molecule has 140 valence electrons. The number of aromatic nitrogens is 2. The van der Waals surface area contributed by atoms with E-state index in [0.717, 1.165) is 0 Å². The minimum absolute atomic E-state index is 0.210. The van der Waals surface area contributed by atoms with Gasteiger partial charge in [0.05, 0.1) is 12.3 Å². The van der Waals surface area contributed by atoms with Gasteiger partial charge in [-0.25, -0.2) is 9.78 Å². The summed E-state index contributed by atoms with van der Waals surface area (Å²) in [6, 6.07) is 2.14. The van der Waals surface area contributed by atoms with Gasteiger partial charge in [0.2, 0.25) is 0 Å². The van der Waals surface area contributed by atoms with Gasteiger partial charge in [0, 0.05) is 12.6 Å². The number of ether oxygens (including phenoxy) is 1. The maximum absolute atomic E-state index is 12.7. The average molecular weight is 363 g/mol. The number of imidazole rings is 1. The molecule has 0 radical (unpaired) electrons. The Bertz CT molecular complexity index is 829. The molecule has 0 fully saturated rings. The van der Waals surface area contributed by atoms with Crippen LogP contribution in [0.25, 0.3) is 5.65 Å². The van der Waals surface area contributed by atoms with Crippen LogP contribution in [0.3, 0.4) is 0 Å². The number of carboxylic acid groups (broad SMARTS) is 2. The number of carbonyl (C=O) groups is 3. The van der Waals surface area contributed by atoms with E-state index in [0.29, 0.717) is 30.1 Å². The zero-order valence-corrected chi connectivity index (χ0v) is 14.6. The highest BCUT2D eigenvalue weighted by Gasteiger charge is 2.26. The number of hydrogen-bond donors (Lipinski definition) is 3. The Morgan fingerprint density at radius 1 is 1.31 bits per heavy atom. The van der Waals surface area contributed by atoms with Crippen molar-refractivity contribution < 1.29 is 29.3 Å². The molecule has 1 unspecified atom stereocenters. The van der Waals surface area contributed by atoms with Gasteiger partial charge in [0.15, 0.2) is 11.4 Å². The first-order chi connectivity index (χ1) is 12.4. The van der Waals surface area contributed by atoms with Crippen molar-refractivity contribution in [2.45, 2.75) is 39.2 Å². The Hall–Kier alpha value is -3.10. The number of pyridine rings is 1. The molecule has 0 bridgehead atoms. The molecule has 0 aromatic carbocycles. The van der Waals surface area contributed by atoms with Crippen LogP contribution in [-0.4, -0.2) is 50.1 Å². The van der Waals surface area contributed by atoms with Gasteiger partial charge in [-0.2, -0.15) is 0 Å². The van der Waals surface area contributed by atoms with Crippen molar-refractivity contribution in [2.75, 3.05) is 6.61 Å². The third-order valence-electron chi connectivity index (χ3n) is 3.79. The SMILES string of the molecule is CCOc1cccn2c(C(=O)NC(CCC(=O)O)C(=O)O)c(CC)nc12. The molecule has 3 N–H and O–H groups in total. The average Bonchev–Trinajstić information content (AvgIpc) is 2.98. The molecule has 26 heavy (non-hydrogen) atoms. The predicted molar refractivity (Wildman–Crippen MR) is 91.5 cm³/mol. The molecule has 9 nitrogen and oxygen atoms in total. The van der Waals surface area contributed by atoms with Crippen LogP contribution in [0.5, 0.6) is 5.75 Å². The third-order valence-corrected chi connectivity index (χ3v) is 3.79. The van der Waals surface area contributed by atoms with Gasteiger partial charge in [-0.05, 0) is 31.9 Å². The molecule has 0 spiro atoms. The summed E-state index contributed by atoms with van der Waals surface area (Å²) in [5.41, 5.74) is 1.18. The normalized spacial score (nSPS) is 11.9. The number of aliphatic carboxylic acids is 2. The zero-order valence-electron chi connectivity index (χ0n) is 14.6. The van der Waals surface area contributed by atoms with Crippen molar-refractivity contribution in [1.82, 2.24) is 14.7 Å². The second-order valence-electron chi connectivity index (χ2n) is 5.56. The molecular formula is C17H21N3O6. The third kappa shape index (κ3) is 4.11. The van der Waals surface area contributed by atoms with E-state index in [1.807, 2.05) is 13.8 Å². The molecule has 2 aromatic heterocycles. The first-order valence-electron chi connectivity index (χ1n) is 8.27. The summed E-state index contributed by atoms with van der Waals surface area (Å²) < 4.78 is 7.07. The Kier molecular flexibility index (Phi) is 6.16. The minimum atomic E-state index is -1.30. The molecule has 0 aliphatic rings. The van der Waals surface area contributed by atoms with Crippen LogP contribution in [0.1, 0.15) is 42.9 Å². The quantitative estimate of drug-likeness (QED) is 0.613. The summed E-state index contributed by atoms with van der Waals surface area (Å²) in [5.74, 6) is -2.53. The molecule has 1 amide bonds. The Morgan fingerprint density at radius 3 is 2.62 bits per heavy atom. The molecule has 9 heteroatoms. The van der Waals surface area contributed by atoms with Gasteiger partial charge < -0.3 is 20.3 Å². The maximum Gasteiger partial charge on any atom is 0.326 e. The van der Waals surface area contributed by atoms with Crippen molar-refractivity contribution in [1.29, 1.82) is 0 Å². The number of amides is 1. The first kappa shape index (κ1) is 19.2. The molecule has 2 heterocycles. The highest BCUT2D eigenvalue weighted by Crippen LogP contribution is 2.23. The fourth-order valence-corrected chi connectivity index (χ4v) is 2.60. The van der Waals surface area contributed by atoms with Gasteiger partial charge in [0.1, 0.15) is 11.7 Å². The molecule has 2 rings (SSSR count). The molecule has 0 aliphatic heterocycles. The second kappa shape index (κ2) is 8.32. The summed E-state index contributed by atoms with van der Waals surface area (Å²) in [5, 5.41) is 20.4. The zero-order chi connectivity index (χ0) is 19.3. The van der Waals surface area contributed by atoms with Gasteiger partial charge >= 0.3 is 11.9 Å². The van der Waals surface area contributed by atoms with Gasteiger partial charge in [-0.15, -0.1) is 0 Å². The molecular weight excluding hydrogens is 342 g/mol. The summed E-state index contributed by atoms with van der Waals surface area (Å²) in [7, 11) is 0. The summed E-state index contributed by atoms with van der Waals surface area (Å²) in [6.07, 6.45) is 1.53. The van der Waals surface area contributed by atoms with Crippen molar-refractivity contribution in [3.8, 4) is 5.75 Å². The fourth-order valence-electron chi connectivity index (χ4n) is 2.60. The smallest absolute Gasteiger partial charge is 0.326 e. The lowest BCUT2D eigenvalue weighted by molar-refractivity contribution is -0.140. The number of carbonyl (C=O) groups excluding carboxylic acids is 1. The van der Waals surface area contributed by atoms with Crippen LogP contribution in [-0.2, 0) is 16.0 Å². The van der Waals surface area contributed by atoms with Crippen LogP contribution in [0, 0.1) is 0 Å². The Labute approximate surface area is 149 Å². The lowest BCUT2D eigenvalue weighted by atomic mass is 10.1. The molecule has 0 saturated heterocycles. The van der Waals surface area contributed by atoms with E-state index in [2.05, 4.69) is 10.3 Å². The highest BCUT2D eigenvalue weighted by atomic mass is 16.5. The molecule has 0 saturated carbocycles. The van der Waals surface area contributed by atoms with E-state index >= 15 is 0 Å². The minimum Gasteiger partial charge on any atom is -0.490 e. The standard InChI is InChI=1S/C17H21N3O6/c1-3-10-14(16(23)19-11(17(24)25)7-8-13(21)22)20-9-5-6-12(26-4-2)15(20)18-10/h5-6,9,11H,3-4,7-8H2,1-2H3,(H,19,23)(H,21,22)(H,24,25). The highest BCUT2D eigenvalue weighted by molar-refractivity contribution is 5.97. The number of fused-ring (bicyclic) bond motifs is 1. The number of rotatable bonds is 9. The van der Waals surface area contributed by atoms with E-state index in [1.165, 1.54) is 0 Å². The van der Waals surface area contributed by atoms with Crippen LogP contribution < -0.4 is 10.1 Å². The van der Waals surface area contributed by atoms with Gasteiger partial charge in [-0.3, -0.25) is 14.0 Å². The van der Waals surface area contributed by atoms with E-state index in [9.17, 15) is 19.5 Å². The van der Waals surface area contributed by atoms with Crippen LogP contribution in [0.4, 0.5) is 0 Å². The van der Waals surface area contributed by atoms with Crippen molar-refractivity contribution in [3.05, 3.63) is 29.7 Å². The van der Waals surface area contributed by atoms with Gasteiger partial charge in [-0.1, -0.05) is 6.92 Å². The molecule has 2 aromatic rings. The summed E-state index contributed by atoms with van der Waals surface area (Å²) in [4.78, 5) is 39.1. The molecule has 1 atom stereocenters. The first-order valence-corrected chi connectivity index (χ1v) is 8.27. The number of nitrogens with one attached hydrogen (secondary N) is 1. The number of aryl methyl sites for hydroxylation is 1. The van der Waals surface area contributed by atoms with Crippen LogP contribution >= 0.6 is 0 Å². The monoisotopic (exact) mass is 363 g/mol. The summed E-state index contributed by atoms with van der Waals surface area (Å²) in [6.45, 7) is 4.10. The van der Waals surface area contributed by atoms with Crippen molar-refractivity contribution >= 4 is 23.5 Å². The van der Waals surface area contributed by atoms with E-state index < -0.39 is 23.9 Å². The Balaban J connectivity index is 2.38. The van der Waals surface area contributed by atoms with Crippen molar-refractivity contribution in [2.24, 2.45) is 0 Å². The fraction of sp³-hybridized carbons (Fsp3) is 0.412. The van der Waals surface area contributed by atoms with E-state index in [1.54, 1.807) is 22.7 Å². The molecule has 0 aliphatic carbocycles. The van der Waals surface area contributed by atoms with Crippen molar-refractivity contribution in [3.63, 3.8) is 0 Å². The number of carboxylic acids is 2. The van der Waals surface area contributed by atoms with E-state index in [-0.39, 0.29) is 18.5 Å². The topological polar surface area (TPSA) is 130 Å². The largest absolute Gasteiger partial charge is 0.490 e. The van der Waals surface area contributed by atoms with E-state index in [4.69, 9.17) is 9.84 Å². The lowest BCUT2D eigenvalue weighted by Crippen LogP contribution is -2.41.